The van der Waals surface area contributed by atoms with E-state index in [1.54, 1.807) is 6.92 Å². The fourth-order valence-electron chi connectivity index (χ4n) is 2.30. The van der Waals surface area contributed by atoms with Crippen molar-refractivity contribution in [2.75, 3.05) is 0 Å². The van der Waals surface area contributed by atoms with Crippen LogP contribution in [0.15, 0.2) is 4.99 Å². The van der Waals surface area contributed by atoms with E-state index in [2.05, 4.69) is 10.3 Å². The van der Waals surface area contributed by atoms with Gasteiger partial charge in [0.1, 0.15) is 5.41 Å². The molecule has 0 aromatic carbocycles. The van der Waals surface area contributed by atoms with Crippen molar-refractivity contribution < 1.29 is 64.5 Å². The molecule has 2 amide bonds. The van der Waals surface area contributed by atoms with Gasteiger partial charge in [0.05, 0.1) is 6.02 Å². The summed E-state index contributed by atoms with van der Waals surface area (Å²) in [4.78, 5) is 27.1. The molecule has 92 valence electrons. The minimum atomic E-state index is -1.15. The van der Waals surface area contributed by atoms with Crippen molar-refractivity contribution in [2.45, 2.75) is 40.0 Å². The number of carbonyl (C=O) groups excluding carboxylic acids is 2. The van der Waals surface area contributed by atoms with Crippen molar-refractivity contribution in [3.8, 4) is 0 Å². The van der Waals surface area contributed by atoms with Crippen molar-refractivity contribution >= 4 is 17.8 Å². The fourth-order valence-corrected chi connectivity index (χ4v) is 2.30. The Morgan fingerprint density at radius 1 is 1.44 bits per heavy atom. The summed E-state index contributed by atoms with van der Waals surface area (Å²) in [6, 6.07) is -0.845. The Morgan fingerprint density at radius 3 is 2.39 bits per heavy atom. The van der Waals surface area contributed by atoms with E-state index in [-0.39, 0.29) is 55.8 Å². The van der Waals surface area contributed by atoms with Crippen LogP contribution in [0.1, 0.15) is 41.5 Å². The average molecular weight is 256 g/mol. The van der Waals surface area contributed by atoms with E-state index in [0.717, 1.165) is 12.8 Å². The summed E-state index contributed by atoms with van der Waals surface area (Å²) < 4.78 is 0. The van der Waals surface area contributed by atoms with Crippen LogP contribution in [0.3, 0.4) is 0 Å². The predicted molar refractivity (Wildman–Crippen MR) is 58.5 cm³/mol. The minimum absolute atomic E-state index is 0. The molecule has 0 fully saturated rings. The van der Waals surface area contributed by atoms with Gasteiger partial charge in [0, 0.05) is 0 Å². The van der Waals surface area contributed by atoms with Gasteiger partial charge in [-0.1, -0.05) is 27.2 Å². The van der Waals surface area contributed by atoms with Crippen LogP contribution in [-0.4, -0.2) is 17.8 Å². The molecule has 1 aliphatic heterocycles. The van der Waals surface area contributed by atoms with Crippen LogP contribution in [0.25, 0.3) is 0 Å². The van der Waals surface area contributed by atoms with Gasteiger partial charge in [0.15, 0.2) is 0 Å². The summed E-state index contributed by atoms with van der Waals surface area (Å²) >= 11 is 0. The Hall–Kier alpha value is 0.207. The van der Waals surface area contributed by atoms with Crippen LogP contribution in [-0.2, 0) is 9.59 Å². The number of amides is 2. The molecule has 7 heteroatoms. The molecule has 0 aromatic rings. The van der Waals surface area contributed by atoms with Gasteiger partial charge < -0.3 is 11.8 Å². The number of rotatable bonds is 4. The van der Waals surface area contributed by atoms with E-state index < -0.39 is 23.3 Å². The molecule has 2 atom stereocenters. The first-order valence-corrected chi connectivity index (χ1v) is 5.60. The van der Waals surface area contributed by atoms with Crippen molar-refractivity contribution in [1.29, 1.82) is 0 Å². The molecule has 0 saturated heterocycles. The van der Waals surface area contributed by atoms with Crippen LogP contribution in [0.5, 0.6) is 0 Å². The Labute approximate surface area is 143 Å². The number of nitrogens with one attached hydrogen (secondary N) is 1. The molecular formula is C11H18LiN2NaO3. The molecule has 0 bridgehead atoms. The Morgan fingerprint density at radius 2 is 2.00 bits per heavy atom. The average Bonchev–Trinajstić information content (AvgIpc) is 2.18. The summed E-state index contributed by atoms with van der Waals surface area (Å²) in [5.41, 5.74) is -1.15. The second-order valence-corrected chi connectivity index (χ2v) is 4.19. The smallest absolute Gasteiger partial charge is 1.00 e. The zero-order chi connectivity index (χ0) is 12.3. The number of carbonyl (C=O) groups is 2. The van der Waals surface area contributed by atoms with Gasteiger partial charge in [-0.05, 0) is 18.8 Å². The maximum Gasteiger partial charge on any atom is 1.00 e. The molecule has 18 heavy (non-hydrogen) atoms. The molecule has 0 spiro atoms. The van der Waals surface area contributed by atoms with E-state index >= 15 is 0 Å². The van der Waals surface area contributed by atoms with E-state index in [1.165, 1.54) is 0 Å². The summed E-state index contributed by atoms with van der Waals surface area (Å²) in [5, 5.41) is 13.1. The van der Waals surface area contributed by atoms with Gasteiger partial charge >= 0.3 is 48.4 Å². The summed E-state index contributed by atoms with van der Waals surface area (Å²) in [7, 11) is 0. The first-order chi connectivity index (χ1) is 7.48. The molecule has 0 aromatic heterocycles. The van der Waals surface area contributed by atoms with Crippen LogP contribution < -0.4 is 58.8 Å². The number of amidine groups is 1. The predicted octanol–water partition coefficient (Wildman–Crippen LogP) is -5.69. The Bertz CT molecular complexity index is 355. The topological polar surface area (TPSA) is 81.6 Å². The Kier molecular flexibility index (Phi) is 9.57. The van der Waals surface area contributed by atoms with E-state index in [9.17, 15) is 14.7 Å². The number of hydrogen-bond donors (Lipinski definition) is 1. The van der Waals surface area contributed by atoms with Gasteiger partial charge in [-0.2, -0.15) is 0 Å². The third-order valence-corrected chi connectivity index (χ3v) is 3.33. The summed E-state index contributed by atoms with van der Waals surface area (Å²) in [6.07, 6.45) is 2.02. The van der Waals surface area contributed by atoms with Gasteiger partial charge in [-0.3, -0.25) is 9.59 Å². The van der Waals surface area contributed by atoms with Crippen molar-refractivity contribution in [3.63, 3.8) is 0 Å². The van der Waals surface area contributed by atoms with E-state index in [0.29, 0.717) is 6.42 Å². The largest absolute Gasteiger partial charge is 1.00 e. The molecule has 1 rings (SSSR count). The Balaban J connectivity index is -0.000000853. The van der Waals surface area contributed by atoms with Gasteiger partial charge in [-0.25, -0.2) is 4.99 Å². The van der Waals surface area contributed by atoms with Crippen molar-refractivity contribution in [3.05, 3.63) is 0 Å². The minimum Gasteiger partial charge on any atom is -1.00 e. The molecule has 0 aliphatic carbocycles. The third kappa shape index (κ3) is 3.61. The third-order valence-electron chi connectivity index (χ3n) is 3.33. The normalized spacial score (nSPS) is 24.3. The van der Waals surface area contributed by atoms with Crippen molar-refractivity contribution in [2.24, 2.45) is 16.3 Å². The molecule has 5 nitrogen and oxygen atoms in total. The van der Waals surface area contributed by atoms with Gasteiger partial charge in [-0.15, -0.1) is 0 Å². The summed E-state index contributed by atoms with van der Waals surface area (Å²) in [5.74, 6) is -1.20. The van der Waals surface area contributed by atoms with Crippen LogP contribution in [0.2, 0.25) is 0 Å². The van der Waals surface area contributed by atoms with Crippen LogP contribution >= 0.6 is 0 Å². The monoisotopic (exact) mass is 256 g/mol. The van der Waals surface area contributed by atoms with E-state index in [1.807, 2.05) is 13.8 Å². The first kappa shape index (κ1) is 20.5. The second-order valence-electron chi connectivity index (χ2n) is 4.19. The van der Waals surface area contributed by atoms with Crippen molar-refractivity contribution in [1.82, 2.24) is 5.32 Å². The number of aliphatic imine (C=N–C) groups is 1. The molecule has 0 saturated carbocycles. The molecule has 1 aliphatic rings. The quantitative estimate of drug-likeness (QED) is 0.402. The van der Waals surface area contributed by atoms with E-state index in [4.69, 9.17) is 0 Å². The fraction of sp³-hybridized carbons (Fsp3) is 0.727. The molecular weight excluding hydrogens is 238 g/mol. The first-order valence-electron chi connectivity index (χ1n) is 5.60. The molecule has 2 unspecified atom stereocenters. The zero-order valence-electron chi connectivity index (χ0n) is 12.9. The summed E-state index contributed by atoms with van der Waals surface area (Å²) in [6.45, 7) is 5.62. The molecule has 0 radical (unpaired) electrons. The number of hydrogen-bond acceptors (Lipinski definition) is 3. The van der Waals surface area contributed by atoms with Gasteiger partial charge in [0.25, 0.3) is 5.91 Å². The molecule has 1 N–H and O–H groups in total. The standard InChI is InChI=1S/C11H18N2O3.Li.Na.H/c1-4-6-7(3)11(5-2)8(14)12-10(16)13-9(11)15;;;/h7H,4-6H2,1-3H3,(H2,12,13,14,15,16);;;/q;2*+1;-1/p-1. The maximum absolute atomic E-state index is 11.9. The SMILES string of the molecule is CCCC(C)C1(CC)C(=O)N=C([O-])NC1=O.[H-].[Li+].[Na+]. The van der Waals surface area contributed by atoms with Gasteiger partial charge in [0.2, 0.25) is 5.91 Å². The maximum atomic E-state index is 11.9. The zero-order valence-corrected chi connectivity index (χ0v) is 13.9. The van der Waals surface area contributed by atoms with Crippen LogP contribution in [0, 0.1) is 11.3 Å². The number of nitrogens with zero attached hydrogens (tertiary/aromatic N) is 1. The van der Waals surface area contributed by atoms with Crippen LogP contribution in [0.4, 0.5) is 0 Å². The molecule has 1 heterocycles. The second kappa shape index (κ2) is 8.39.